The minimum absolute atomic E-state index is 0.00588. The minimum atomic E-state index is -0.675. The first-order valence-corrected chi connectivity index (χ1v) is 4.67. The smallest absolute Gasteiger partial charge is 0.180 e. The molecule has 1 atom stereocenters. The van der Waals surface area contributed by atoms with E-state index in [1.54, 1.807) is 11.4 Å². The molecule has 0 aliphatic rings. The lowest BCUT2D eigenvalue weighted by Crippen LogP contribution is -2.15. The Bertz CT molecular complexity index is 313. The van der Waals surface area contributed by atoms with Crippen LogP contribution in [0.15, 0.2) is 16.8 Å². The topological polar surface area (TPSA) is 50.1 Å². The van der Waals surface area contributed by atoms with Crippen molar-refractivity contribution >= 4 is 17.1 Å². The molecule has 0 spiro atoms. The van der Waals surface area contributed by atoms with E-state index in [1.165, 1.54) is 18.4 Å². The number of carbonyl (C=O) groups excluding carboxylic acids is 1. The Morgan fingerprint density at radius 3 is 3.08 bits per heavy atom. The summed E-state index contributed by atoms with van der Waals surface area (Å²) in [5.41, 5.74) is 0.759. The third-order valence-corrected chi connectivity index (χ3v) is 2.32. The van der Waals surface area contributed by atoms with Crippen LogP contribution in [0, 0.1) is 11.3 Å². The van der Waals surface area contributed by atoms with E-state index in [4.69, 9.17) is 5.26 Å². The summed E-state index contributed by atoms with van der Waals surface area (Å²) in [6.07, 6.45) is 0. The third kappa shape index (κ3) is 2.38. The molecule has 0 saturated carbocycles. The Balaban J connectivity index is 2.76. The second-order valence-electron chi connectivity index (χ2n) is 2.52. The zero-order valence-electron chi connectivity index (χ0n) is 7.19. The highest BCUT2D eigenvalue weighted by Gasteiger charge is 2.19. The van der Waals surface area contributed by atoms with Crippen molar-refractivity contribution < 1.29 is 9.53 Å². The molecule has 3 nitrogen and oxygen atoms in total. The van der Waals surface area contributed by atoms with Gasteiger partial charge in [-0.2, -0.15) is 16.6 Å². The van der Waals surface area contributed by atoms with Gasteiger partial charge in [-0.3, -0.25) is 4.79 Å². The van der Waals surface area contributed by atoms with Gasteiger partial charge in [0.05, 0.1) is 6.07 Å². The molecule has 1 rings (SSSR count). The quantitative estimate of drug-likeness (QED) is 0.732. The number of hydrogen-bond acceptors (Lipinski definition) is 4. The van der Waals surface area contributed by atoms with Crippen LogP contribution in [0.25, 0.3) is 0 Å². The fourth-order valence-electron chi connectivity index (χ4n) is 0.997. The SMILES string of the molecule is COCC(=O)C(C#N)c1ccsc1. The normalized spacial score (nSPS) is 12.0. The van der Waals surface area contributed by atoms with Gasteiger partial charge in [-0.15, -0.1) is 0 Å². The van der Waals surface area contributed by atoms with E-state index >= 15 is 0 Å². The number of ether oxygens (including phenoxy) is 1. The monoisotopic (exact) mass is 195 g/mol. The first kappa shape index (κ1) is 9.90. The van der Waals surface area contributed by atoms with Gasteiger partial charge in [0, 0.05) is 7.11 Å². The Labute approximate surface area is 80.6 Å². The lowest BCUT2D eigenvalue weighted by Gasteiger charge is -2.04. The van der Waals surface area contributed by atoms with Gasteiger partial charge < -0.3 is 4.74 Å². The van der Waals surface area contributed by atoms with Crippen molar-refractivity contribution in [2.45, 2.75) is 5.92 Å². The molecule has 0 aromatic carbocycles. The van der Waals surface area contributed by atoms with Gasteiger partial charge >= 0.3 is 0 Å². The number of nitriles is 1. The predicted molar refractivity (Wildman–Crippen MR) is 49.6 cm³/mol. The van der Waals surface area contributed by atoms with E-state index in [9.17, 15) is 4.79 Å². The molecule has 0 radical (unpaired) electrons. The average molecular weight is 195 g/mol. The number of nitrogens with zero attached hydrogens (tertiary/aromatic N) is 1. The van der Waals surface area contributed by atoms with Crippen molar-refractivity contribution in [1.82, 2.24) is 0 Å². The summed E-state index contributed by atoms with van der Waals surface area (Å²) < 4.78 is 4.69. The Morgan fingerprint density at radius 2 is 2.62 bits per heavy atom. The van der Waals surface area contributed by atoms with Crippen LogP contribution >= 0.6 is 11.3 Å². The Kier molecular flexibility index (Phi) is 3.62. The van der Waals surface area contributed by atoms with Gasteiger partial charge in [0.15, 0.2) is 5.78 Å². The molecular weight excluding hydrogens is 186 g/mol. The largest absolute Gasteiger partial charge is 0.377 e. The van der Waals surface area contributed by atoms with Crippen LogP contribution in [-0.2, 0) is 9.53 Å². The number of ketones is 1. The third-order valence-electron chi connectivity index (χ3n) is 1.61. The molecule has 1 heterocycles. The second kappa shape index (κ2) is 4.75. The molecule has 13 heavy (non-hydrogen) atoms. The van der Waals surface area contributed by atoms with Crippen LogP contribution in [0.3, 0.4) is 0 Å². The van der Waals surface area contributed by atoms with Crippen molar-refractivity contribution in [3.05, 3.63) is 22.4 Å². The summed E-state index contributed by atoms with van der Waals surface area (Å²) in [6.45, 7) is -0.00588. The fraction of sp³-hybridized carbons (Fsp3) is 0.333. The van der Waals surface area contributed by atoms with Crippen LogP contribution in [0.4, 0.5) is 0 Å². The molecule has 1 aromatic heterocycles. The lowest BCUT2D eigenvalue weighted by atomic mass is 10.00. The zero-order valence-corrected chi connectivity index (χ0v) is 8.00. The number of carbonyl (C=O) groups is 1. The molecule has 1 aromatic rings. The lowest BCUT2D eigenvalue weighted by molar-refractivity contribution is -0.122. The summed E-state index contributed by atoms with van der Waals surface area (Å²) in [7, 11) is 1.44. The second-order valence-corrected chi connectivity index (χ2v) is 3.30. The van der Waals surface area contributed by atoms with Gasteiger partial charge in [-0.1, -0.05) is 0 Å². The predicted octanol–water partition coefficient (Wildman–Crippen LogP) is 1.57. The van der Waals surface area contributed by atoms with Crippen molar-refractivity contribution in [1.29, 1.82) is 5.26 Å². The molecule has 0 saturated heterocycles. The van der Waals surface area contributed by atoms with Gasteiger partial charge in [0.1, 0.15) is 12.5 Å². The van der Waals surface area contributed by atoms with E-state index in [2.05, 4.69) is 4.74 Å². The minimum Gasteiger partial charge on any atom is -0.377 e. The van der Waals surface area contributed by atoms with Crippen LogP contribution < -0.4 is 0 Å². The molecule has 0 N–H and O–H groups in total. The Morgan fingerprint density at radius 1 is 1.85 bits per heavy atom. The maximum atomic E-state index is 11.3. The van der Waals surface area contributed by atoms with Crippen molar-refractivity contribution in [2.24, 2.45) is 0 Å². The van der Waals surface area contributed by atoms with E-state index < -0.39 is 5.92 Å². The van der Waals surface area contributed by atoms with E-state index in [-0.39, 0.29) is 12.4 Å². The number of hydrogen-bond donors (Lipinski definition) is 0. The molecule has 4 heteroatoms. The molecule has 0 aliphatic heterocycles. The summed E-state index contributed by atoms with van der Waals surface area (Å²) in [4.78, 5) is 11.3. The zero-order chi connectivity index (χ0) is 9.68. The maximum absolute atomic E-state index is 11.3. The van der Waals surface area contributed by atoms with Crippen LogP contribution in [-0.4, -0.2) is 19.5 Å². The Hall–Kier alpha value is -1.18. The summed E-state index contributed by atoms with van der Waals surface area (Å²) in [6, 6.07) is 3.75. The number of rotatable bonds is 4. The highest BCUT2D eigenvalue weighted by atomic mass is 32.1. The average Bonchev–Trinajstić information content (AvgIpc) is 2.59. The standard InChI is InChI=1S/C9H9NO2S/c1-12-5-9(11)8(4-10)7-2-3-13-6-7/h2-3,6,8H,5H2,1H3. The molecule has 0 bridgehead atoms. The maximum Gasteiger partial charge on any atom is 0.180 e. The van der Waals surface area contributed by atoms with Gasteiger partial charge in [0.2, 0.25) is 0 Å². The van der Waals surface area contributed by atoms with E-state index in [1.807, 2.05) is 11.4 Å². The number of Topliss-reactive ketones (excluding diaryl/α,β-unsaturated/α-hetero) is 1. The van der Waals surface area contributed by atoms with Crippen molar-refractivity contribution in [2.75, 3.05) is 13.7 Å². The first-order chi connectivity index (χ1) is 6.29. The van der Waals surface area contributed by atoms with Gasteiger partial charge in [-0.05, 0) is 22.4 Å². The van der Waals surface area contributed by atoms with Gasteiger partial charge in [0.25, 0.3) is 0 Å². The number of thiophene rings is 1. The van der Waals surface area contributed by atoms with Crippen LogP contribution in [0.2, 0.25) is 0 Å². The molecule has 0 fully saturated rings. The molecule has 68 valence electrons. The van der Waals surface area contributed by atoms with E-state index in [0.717, 1.165) is 5.56 Å². The first-order valence-electron chi connectivity index (χ1n) is 3.73. The van der Waals surface area contributed by atoms with Crippen LogP contribution in [0.1, 0.15) is 11.5 Å². The van der Waals surface area contributed by atoms with Crippen LogP contribution in [0.5, 0.6) is 0 Å². The van der Waals surface area contributed by atoms with Gasteiger partial charge in [-0.25, -0.2) is 0 Å². The summed E-state index contributed by atoms with van der Waals surface area (Å²) >= 11 is 1.47. The van der Waals surface area contributed by atoms with E-state index in [0.29, 0.717) is 0 Å². The molecule has 1 unspecified atom stereocenters. The molecule has 0 aliphatic carbocycles. The molecule has 0 amide bonds. The van der Waals surface area contributed by atoms with Crippen molar-refractivity contribution in [3.63, 3.8) is 0 Å². The summed E-state index contributed by atoms with van der Waals surface area (Å²) in [5, 5.41) is 12.4. The number of methoxy groups -OCH3 is 1. The highest BCUT2D eigenvalue weighted by Crippen LogP contribution is 2.18. The molecular formula is C9H9NO2S. The highest BCUT2D eigenvalue weighted by molar-refractivity contribution is 7.08. The fourth-order valence-corrected chi connectivity index (χ4v) is 1.68. The van der Waals surface area contributed by atoms with Crippen molar-refractivity contribution in [3.8, 4) is 6.07 Å². The summed E-state index contributed by atoms with van der Waals surface area (Å²) in [5.74, 6) is -0.866.